The minimum absolute atomic E-state index is 0.116. The first-order valence-corrected chi connectivity index (χ1v) is 10.3. The fraction of sp³-hybridized carbons (Fsp3) is 0.619. The van der Waals surface area contributed by atoms with Crippen molar-refractivity contribution >= 4 is 22.6 Å². The molecule has 2 aliphatic heterocycles. The summed E-state index contributed by atoms with van der Waals surface area (Å²) in [7, 11) is 0. The minimum Gasteiger partial charge on any atom is -0.354 e. The molecule has 2 aliphatic rings. The van der Waals surface area contributed by atoms with Gasteiger partial charge < -0.3 is 14.8 Å². The van der Waals surface area contributed by atoms with Crippen LogP contribution in [0.3, 0.4) is 0 Å². The van der Waals surface area contributed by atoms with E-state index in [9.17, 15) is 4.79 Å². The van der Waals surface area contributed by atoms with Crippen LogP contribution in [0.1, 0.15) is 50.5 Å². The van der Waals surface area contributed by atoms with Crippen molar-refractivity contribution in [3.8, 4) is 0 Å². The summed E-state index contributed by atoms with van der Waals surface area (Å²) in [6.45, 7) is 11.6. The van der Waals surface area contributed by atoms with Gasteiger partial charge in [0.2, 0.25) is 0 Å². The number of fused-ring (bicyclic) bond motifs is 1. The number of nitrogens with one attached hydrogen (secondary N) is 1. The normalized spacial score (nSPS) is 22.0. The molecule has 1 atom stereocenters. The van der Waals surface area contributed by atoms with Gasteiger partial charge in [0.05, 0.1) is 11.7 Å². The van der Waals surface area contributed by atoms with Gasteiger partial charge >= 0.3 is 0 Å². The second kappa shape index (κ2) is 7.50. The van der Waals surface area contributed by atoms with Crippen molar-refractivity contribution in [2.24, 2.45) is 0 Å². The molecule has 6 nitrogen and oxygen atoms in total. The Morgan fingerprint density at radius 1 is 1.15 bits per heavy atom. The van der Waals surface area contributed by atoms with Gasteiger partial charge in [-0.1, -0.05) is 0 Å². The lowest BCUT2D eigenvalue weighted by atomic mass is 10.0. The Kier molecular flexibility index (Phi) is 5.08. The molecular weight excluding hydrogens is 338 g/mol. The summed E-state index contributed by atoms with van der Waals surface area (Å²) in [5, 5.41) is 1.07. The molecule has 4 rings (SSSR count). The maximum atomic E-state index is 12.9. The maximum absolute atomic E-state index is 12.9. The summed E-state index contributed by atoms with van der Waals surface area (Å²) in [6, 6.07) is 5.03. The molecule has 27 heavy (non-hydrogen) atoms. The third-order valence-electron chi connectivity index (χ3n) is 6.15. The van der Waals surface area contributed by atoms with Crippen LogP contribution in [0.15, 0.2) is 18.3 Å². The molecule has 0 spiro atoms. The van der Waals surface area contributed by atoms with Crippen molar-refractivity contribution < 1.29 is 4.79 Å². The van der Waals surface area contributed by atoms with Gasteiger partial charge in [0, 0.05) is 50.2 Å². The van der Waals surface area contributed by atoms with Crippen LogP contribution in [-0.2, 0) is 0 Å². The lowest BCUT2D eigenvalue weighted by molar-refractivity contribution is 0.0630. The van der Waals surface area contributed by atoms with Crippen molar-refractivity contribution in [1.82, 2.24) is 19.8 Å². The fourth-order valence-corrected chi connectivity index (χ4v) is 4.33. The van der Waals surface area contributed by atoms with Crippen molar-refractivity contribution in [1.29, 1.82) is 0 Å². The van der Waals surface area contributed by atoms with Gasteiger partial charge in [0.15, 0.2) is 0 Å². The zero-order valence-electron chi connectivity index (χ0n) is 16.7. The highest BCUT2D eigenvalue weighted by Crippen LogP contribution is 2.24. The SMILES string of the molecule is CC(C)N1CCN(c2cc3cc(C(=O)N4CCCCC4C)[nH]c3cn2)CC1. The summed E-state index contributed by atoms with van der Waals surface area (Å²) >= 11 is 0. The Balaban J connectivity index is 1.51. The molecule has 0 saturated carbocycles. The molecule has 2 aromatic heterocycles. The van der Waals surface area contributed by atoms with Crippen molar-refractivity contribution in [2.75, 3.05) is 37.6 Å². The number of pyridine rings is 1. The minimum atomic E-state index is 0.116. The number of hydrogen-bond donors (Lipinski definition) is 1. The van der Waals surface area contributed by atoms with Crippen LogP contribution < -0.4 is 4.90 Å². The molecule has 146 valence electrons. The predicted molar refractivity (Wildman–Crippen MR) is 109 cm³/mol. The third kappa shape index (κ3) is 3.68. The van der Waals surface area contributed by atoms with Gasteiger partial charge in [-0.05, 0) is 52.2 Å². The monoisotopic (exact) mass is 369 g/mol. The first kappa shape index (κ1) is 18.3. The molecule has 0 bridgehead atoms. The van der Waals surface area contributed by atoms with E-state index in [0.717, 1.165) is 62.3 Å². The molecule has 1 amide bonds. The molecule has 6 heteroatoms. The number of hydrogen-bond acceptors (Lipinski definition) is 4. The van der Waals surface area contributed by atoms with E-state index < -0.39 is 0 Å². The summed E-state index contributed by atoms with van der Waals surface area (Å²) in [6.07, 6.45) is 5.29. The maximum Gasteiger partial charge on any atom is 0.270 e. The quantitative estimate of drug-likeness (QED) is 0.903. The molecule has 0 radical (unpaired) electrons. The van der Waals surface area contributed by atoms with Crippen molar-refractivity contribution in [3.05, 3.63) is 24.0 Å². The highest BCUT2D eigenvalue weighted by molar-refractivity contribution is 5.98. The smallest absolute Gasteiger partial charge is 0.270 e. The van der Waals surface area contributed by atoms with Crippen LogP contribution in [0.4, 0.5) is 5.82 Å². The number of aromatic amines is 1. The number of piperidine rings is 1. The van der Waals surface area contributed by atoms with E-state index >= 15 is 0 Å². The zero-order chi connectivity index (χ0) is 19.0. The summed E-state index contributed by atoms with van der Waals surface area (Å²) in [5.41, 5.74) is 1.62. The average Bonchev–Trinajstić information content (AvgIpc) is 3.11. The van der Waals surface area contributed by atoms with E-state index in [4.69, 9.17) is 0 Å². The molecule has 2 saturated heterocycles. The van der Waals surface area contributed by atoms with Crippen LogP contribution >= 0.6 is 0 Å². The highest BCUT2D eigenvalue weighted by Gasteiger charge is 2.26. The highest BCUT2D eigenvalue weighted by atomic mass is 16.2. The van der Waals surface area contributed by atoms with E-state index in [1.165, 1.54) is 6.42 Å². The standard InChI is InChI=1S/C21H31N5O/c1-15(2)24-8-10-25(11-9-24)20-13-17-12-18(23-19(17)14-22-20)21(27)26-7-5-4-6-16(26)3/h12-16,23H,4-11H2,1-3H3. The Hall–Kier alpha value is -2.08. The van der Waals surface area contributed by atoms with Gasteiger partial charge in [-0.2, -0.15) is 0 Å². The van der Waals surface area contributed by atoms with Gasteiger partial charge in [-0.15, -0.1) is 0 Å². The second-order valence-corrected chi connectivity index (χ2v) is 8.27. The van der Waals surface area contributed by atoms with Gasteiger partial charge in [0.25, 0.3) is 5.91 Å². The topological polar surface area (TPSA) is 55.5 Å². The number of piperazine rings is 1. The van der Waals surface area contributed by atoms with E-state index in [1.54, 1.807) is 0 Å². The fourth-order valence-electron chi connectivity index (χ4n) is 4.33. The second-order valence-electron chi connectivity index (χ2n) is 8.27. The summed E-state index contributed by atoms with van der Waals surface area (Å²) in [4.78, 5) is 27.7. The van der Waals surface area contributed by atoms with Gasteiger partial charge in [-0.3, -0.25) is 9.69 Å². The third-order valence-corrected chi connectivity index (χ3v) is 6.15. The van der Waals surface area contributed by atoms with Crippen LogP contribution in [0.2, 0.25) is 0 Å². The zero-order valence-corrected chi connectivity index (χ0v) is 16.7. The summed E-state index contributed by atoms with van der Waals surface area (Å²) < 4.78 is 0. The van der Waals surface area contributed by atoms with Crippen LogP contribution in [0.25, 0.3) is 10.9 Å². The number of nitrogens with zero attached hydrogens (tertiary/aromatic N) is 4. The first-order chi connectivity index (χ1) is 13.0. The van der Waals surface area contributed by atoms with Crippen LogP contribution in [-0.4, -0.2) is 70.5 Å². The van der Waals surface area contributed by atoms with E-state index in [-0.39, 0.29) is 5.91 Å². The first-order valence-electron chi connectivity index (χ1n) is 10.3. The lowest BCUT2D eigenvalue weighted by Crippen LogP contribution is -2.49. The number of anilines is 1. The Bertz CT molecular complexity index is 806. The predicted octanol–water partition coefficient (Wildman–Crippen LogP) is 3.11. The molecule has 2 fully saturated rings. The largest absolute Gasteiger partial charge is 0.354 e. The Morgan fingerprint density at radius 3 is 2.63 bits per heavy atom. The number of H-pyrrole nitrogens is 1. The Morgan fingerprint density at radius 2 is 1.93 bits per heavy atom. The molecule has 1 unspecified atom stereocenters. The number of amides is 1. The van der Waals surface area contributed by atoms with E-state index in [1.807, 2.05) is 17.2 Å². The van der Waals surface area contributed by atoms with Crippen LogP contribution in [0, 0.1) is 0 Å². The van der Waals surface area contributed by atoms with Gasteiger partial charge in [-0.25, -0.2) is 4.98 Å². The molecule has 1 N–H and O–H groups in total. The molecule has 4 heterocycles. The molecular formula is C21H31N5O. The number of aromatic nitrogens is 2. The van der Waals surface area contributed by atoms with E-state index in [2.05, 4.69) is 46.6 Å². The molecule has 2 aromatic rings. The van der Waals surface area contributed by atoms with Crippen LogP contribution in [0.5, 0.6) is 0 Å². The molecule has 0 aromatic carbocycles. The summed E-state index contributed by atoms with van der Waals surface area (Å²) in [5.74, 6) is 1.13. The molecule has 0 aliphatic carbocycles. The van der Waals surface area contributed by atoms with Crippen molar-refractivity contribution in [3.63, 3.8) is 0 Å². The lowest BCUT2D eigenvalue weighted by Gasteiger charge is -2.37. The van der Waals surface area contributed by atoms with Gasteiger partial charge in [0.1, 0.15) is 11.5 Å². The average molecular weight is 370 g/mol. The number of rotatable bonds is 3. The number of likely N-dealkylation sites (tertiary alicyclic amines) is 1. The number of carbonyl (C=O) groups excluding carboxylic acids is 1. The van der Waals surface area contributed by atoms with E-state index in [0.29, 0.717) is 17.8 Å². The van der Waals surface area contributed by atoms with Crippen molar-refractivity contribution in [2.45, 2.75) is 52.1 Å². The number of carbonyl (C=O) groups is 1. The Labute approximate surface area is 161 Å².